The predicted octanol–water partition coefficient (Wildman–Crippen LogP) is 0.418. The van der Waals surface area contributed by atoms with Gasteiger partial charge in [-0.05, 0) is 24.1 Å². The average molecular weight is 280 g/mol. The molecule has 0 aromatic heterocycles. The van der Waals surface area contributed by atoms with E-state index in [2.05, 4.69) is 10.6 Å². The third-order valence-electron chi connectivity index (χ3n) is 2.70. The van der Waals surface area contributed by atoms with Crippen LogP contribution in [0.15, 0.2) is 24.3 Å². The lowest BCUT2D eigenvalue weighted by Crippen LogP contribution is -2.35. The van der Waals surface area contributed by atoms with Gasteiger partial charge in [0.25, 0.3) is 0 Å². The number of ether oxygens (including phenoxy) is 1. The highest BCUT2D eigenvalue weighted by Crippen LogP contribution is 2.11. The summed E-state index contributed by atoms with van der Waals surface area (Å²) >= 11 is 0. The van der Waals surface area contributed by atoms with Crippen molar-refractivity contribution in [2.45, 2.75) is 12.8 Å². The number of methoxy groups -OCH3 is 1. The highest BCUT2D eigenvalue weighted by Gasteiger charge is 2.02. The van der Waals surface area contributed by atoms with Gasteiger partial charge in [0.05, 0.1) is 20.1 Å². The Kier molecular flexibility index (Phi) is 7.13. The van der Waals surface area contributed by atoms with Gasteiger partial charge in [-0.15, -0.1) is 0 Å². The van der Waals surface area contributed by atoms with Crippen molar-refractivity contribution in [2.24, 2.45) is 0 Å². The number of aliphatic carboxylic acids is 1. The number of hydrogen-bond acceptors (Lipinski definition) is 4. The van der Waals surface area contributed by atoms with Crippen molar-refractivity contribution in [3.63, 3.8) is 0 Å². The summed E-state index contributed by atoms with van der Waals surface area (Å²) in [5.74, 6) is -0.207. The number of benzene rings is 1. The molecule has 1 amide bonds. The Bertz CT molecular complexity index is 431. The molecular weight excluding hydrogens is 260 g/mol. The van der Waals surface area contributed by atoms with Crippen molar-refractivity contribution in [3.05, 3.63) is 29.8 Å². The molecule has 0 atom stereocenters. The first-order valence-electron chi connectivity index (χ1n) is 6.44. The molecule has 0 aliphatic carbocycles. The van der Waals surface area contributed by atoms with E-state index in [0.717, 1.165) is 17.7 Å². The van der Waals surface area contributed by atoms with Gasteiger partial charge in [-0.25, -0.2) is 0 Å². The van der Waals surface area contributed by atoms with E-state index in [9.17, 15) is 9.59 Å². The topological polar surface area (TPSA) is 87.7 Å². The lowest BCUT2D eigenvalue weighted by molar-refractivity contribution is -0.137. The quantitative estimate of drug-likeness (QED) is 0.571. The Balaban J connectivity index is 2.13. The van der Waals surface area contributed by atoms with E-state index >= 15 is 0 Å². The second-order valence-corrected chi connectivity index (χ2v) is 4.27. The third kappa shape index (κ3) is 6.75. The van der Waals surface area contributed by atoms with Crippen LogP contribution in [0.2, 0.25) is 0 Å². The van der Waals surface area contributed by atoms with Crippen molar-refractivity contribution in [1.29, 1.82) is 0 Å². The first-order chi connectivity index (χ1) is 9.61. The lowest BCUT2D eigenvalue weighted by Gasteiger charge is -2.07. The van der Waals surface area contributed by atoms with Gasteiger partial charge in [-0.1, -0.05) is 12.1 Å². The molecule has 0 radical (unpaired) electrons. The van der Waals surface area contributed by atoms with Crippen LogP contribution in [0.1, 0.15) is 12.0 Å². The van der Waals surface area contributed by atoms with Crippen LogP contribution in [-0.2, 0) is 16.0 Å². The Morgan fingerprint density at radius 3 is 2.50 bits per heavy atom. The number of carbonyl (C=O) groups excluding carboxylic acids is 1. The van der Waals surface area contributed by atoms with E-state index < -0.39 is 5.97 Å². The van der Waals surface area contributed by atoms with E-state index in [1.807, 2.05) is 24.3 Å². The van der Waals surface area contributed by atoms with Crippen molar-refractivity contribution < 1.29 is 19.4 Å². The summed E-state index contributed by atoms with van der Waals surface area (Å²) in [6.45, 7) is 0.975. The van der Waals surface area contributed by atoms with E-state index in [4.69, 9.17) is 9.84 Å². The van der Waals surface area contributed by atoms with Gasteiger partial charge in [0.15, 0.2) is 0 Å². The molecule has 0 aliphatic heterocycles. The molecule has 20 heavy (non-hydrogen) atoms. The molecule has 0 aliphatic rings. The van der Waals surface area contributed by atoms with Crippen LogP contribution in [0, 0.1) is 0 Å². The summed E-state index contributed by atoms with van der Waals surface area (Å²) in [6.07, 6.45) is 0.754. The van der Waals surface area contributed by atoms with Crippen molar-refractivity contribution >= 4 is 11.9 Å². The molecular formula is C14H20N2O4. The highest BCUT2D eigenvalue weighted by molar-refractivity contribution is 5.78. The first kappa shape index (κ1) is 16.0. The molecule has 1 aromatic carbocycles. The van der Waals surface area contributed by atoms with Crippen LogP contribution in [0.4, 0.5) is 0 Å². The second-order valence-electron chi connectivity index (χ2n) is 4.27. The van der Waals surface area contributed by atoms with Crippen LogP contribution < -0.4 is 15.4 Å². The number of carboxylic acids is 1. The molecule has 0 fully saturated rings. The molecule has 0 unspecified atom stereocenters. The molecule has 1 rings (SSSR count). The largest absolute Gasteiger partial charge is 0.497 e. The standard InChI is InChI=1S/C14H20N2O4/c1-20-12-4-2-11(3-5-12)6-9-16-13(17)10-15-8-7-14(18)19/h2-5,15H,6-10H2,1H3,(H,16,17)(H,18,19). The number of carboxylic acid groups (broad SMARTS) is 1. The monoisotopic (exact) mass is 280 g/mol. The Hall–Kier alpha value is -2.08. The fourth-order valence-electron chi connectivity index (χ4n) is 1.60. The number of amides is 1. The van der Waals surface area contributed by atoms with Crippen molar-refractivity contribution in [3.8, 4) is 5.75 Å². The van der Waals surface area contributed by atoms with Gasteiger partial charge >= 0.3 is 5.97 Å². The van der Waals surface area contributed by atoms with Crippen LogP contribution >= 0.6 is 0 Å². The number of carbonyl (C=O) groups is 2. The lowest BCUT2D eigenvalue weighted by atomic mass is 10.1. The summed E-state index contributed by atoms with van der Waals surface area (Å²) in [6, 6.07) is 7.67. The highest BCUT2D eigenvalue weighted by atomic mass is 16.5. The molecule has 1 aromatic rings. The van der Waals surface area contributed by atoms with E-state index in [1.165, 1.54) is 0 Å². The minimum absolute atomic E-state index is 0.0130. The molecule has 6 nitrogen and oxygen atoms in total. The summed E-state index contributed by atoms with van der Waals surface area (Å²) in [5, 5.41) is 14.0. The number of rotatable bonds is 9. The zero-order valence-electron chi connectivity index (χ0n) is 11.5. The zero-order chi connectivity index (χ0) is 14.8. The normalized spacial score (nSPS) is 10.1. The Morgan fingerprint density at radius 1 is 1.20 bits per heavy atom. The summed E-state index contributed by atoms with van der Waals surface area (Å²) < 4.78 is 5.06. The zero-order valence-corrected chi connectivity index (χ0v) is 11.5. The molecule has 0 saturated carbocycles. The predicted molar refractivity (Wildman–Crippen MR) is 74.8 cm³/mol. The Labute approximate surface area is 118 Å². The molecule has 0 bridgehead atoms. The SMILES string of the molecule is COc1ccc(CCNC(=O)CNCCC(=O)O)cc1. The molecule has 3 N–H and O–H groups in total. The molecule has 0 spiro atoms. The fraction of sp³-hybridized carbons (Fsp3) is 0.429. The van der Waals surface area contributed by atoms with Gasteiger partial charge in [-0.3, -0.25) is 9.59 Å². The van der Waals surface area contributed by atoms with Crippen LogP contribution in [0.5, 0.6) is 5.75 Å². The maximum Gasteiger partial charge on any atom is 0.304 e. The maximum absolute atomic E-state index is 11.4. The van der Waals surface area contributed by atoms with Crippen molar-refractivity contribution in [1.82, 2.24) is 10.6 Å². The molecule has 6 heteroatoms. The molecule has 110 valence electrons. The molecule has 0 saturated heterocycles. The van der Waals surface area contributed by atoms with E-state index in [1.54, 1.807) is 7.11 Å². The summed E-state index contributed by atoms with van der Waals surface area (Å²) in [7, 11) is 1.62. The van der Waals surface area contributed by atoms with Gasteiger partial charge in [-0.2, -0.15) is 0 Å². The minimum atomic E-state index is -0.877. The van der Waals surface area contributed by atoms with E-state index in [0.29, 0.717) is 13.1 Å². The summed E-state index contributed by atoms with van der Waals surface area (Å²) in [5.41, 5.74) is 1.12. The number of nitrogens with one attached hydrogen (secondary N) is 2. The Morgan fingerprint density at radius 2 is 1.90 bits per heavy atom. The van der Waals surface area contributed by atoms with Gasteiger partial charge in [0.2, 0.25) is 5.91 Å². The molecule has 0 heterocycles. The summed E-state index contributed by atoms with van der Waals surface area (Å²) in [4.78, 5) is 21.7. The van der Waals surface area contributed by atoms with E-state index in [-0.39, 0.29) is 18.9 Å². The average Bonchev–Trinajstić information content (AvgIpc) is 2.44. The van der Waals surface area contributed by atoms with Crippen LogP contribution in [0.3, 0.4) is 0 Å². The van der Waals surface area contributed by atoms with Gasteiger partial charge in [0.1, 0.15) is 5.75 Å². The van der Waals surface area contributed by atoms with Crippen LogP contribution in [0.25, 0.3) is 0 Å². The second kappa shape index (κ2) is 8.92. The first-order valence-corrected chi connectivity index (χ1v) is 6.44. The van der Waals surface area contributed by atoms with Gasteiger partial charge < -0.3 is 20.5 Å². The number of hydrogen-bond donors (Lipinski definition) is 3. The van der Waals surface area contributed by atoms with Crippen LogP contribution in [-0.4, -0.2) is 43.7 Å². The fourth-order valence-corrected chi connectivity index (χ4v) is 1.60. The third-order valence-corrected chi connectivity index (χ3v) is 2.70. The smallest absolute Gasteiger partial charge is 0.304 e. The van der Waals surface area contributed by atoms with Gasteiger partial charge in [0, 0.05) is 13.1 Å². The van der Waals surface area contributed by atoms with Crippen molar-refractivity contribution in [2.75, 3.05) is 26.7 Å². The maximum atomic E-state index is 11.4. The minimum Gasteiger partial charge on any atom is -0.497 e.